The van der Waals surface area contributed by atoms with Gasteiger partial charge in [-0.2, -0.15) is 26.3 Å². The molecule has 2 saturated heterocycles. The van der Waals surface area contributed by atoms with Crippen LogP contribution in [0.5, 0.6) is 5.75 Å². The van der Waals surface area contributed by atoms with Crippen LogP contribution in [0.2, 0.25) is 0 Å². The van der Waals surface area contributed by atoms with Crippen LogP contribution in [0.3, 0.4) is 0 Å². The maximum absolute atomic E-state index is 12.5. The number of rotatable bonds is 6. The molecule has 0 aliphatic carbocycles. The lowest BCUT2D eigenvalue weighted by Crippen LogP contribution is -2.44. The molecule has 1 spiro atoms. The van der Waals surface area contributed by atoms with Crippen LogP contribution in [0, 0.1) is 11.3 Å². The zero-order valence-corrected chi connectivity index (χ0v) is 24.1. The summed E-state index contributed by atoms with van der Waals surface area (Å²) >= 11 is 1.23. The van der Waals surface area contributed by atoms with E-state index >= 15 is 0 Å². The molecule has 10 nitrogen and oxygen atoms in total. The van der Waals surface area contributed by atoms with E-state index in [1.54, 1.807) is 5.38 Å². The average Bonchev–Trinajstić information content (AvgIpc) is 3.59. The Morgan fingerprint density at radius 2 is 1.51 bits per heavy atom. The van der Waals surface area contributed by atoms with Crippen molar-refractivity contribution in [2.24, 2.45) is 11.3 Å². The van der Waals surface area contributed by atoms with E-state index in [0.717, 1.165) is 57.9 Å². The van der Waals surface area contributed by atoms with Crippen LogP contribution in [0.25, 0.3) is 0 Å². The largest absolute Gasteiger partial charge is 0.493 e. The van der Waals surface area contributed by atoms with Gasteiger partial charge in [0.25, 0.3) is 5.91 Å². The lowest BCUT2D eigenvalue weighted by atomic mass is 9.77. The van der Waals surface area contributed by atoms with Gasteiger partial charge in [-0.3, -0.25) is 9.69 Å². The van der Waals surface area contributed by atoms with E-state index in [1.165, 1.54) is 23.5 Å². The van der Waals surface area contributed by atoms with E-state index in [2.05, 4.69) is 52.6 Å². The maximum atomic E-state index is 12.5. The van der Waals surface area contributed by atoms with Gasteiger partial charge in [0.1, 0.15) is 5.75 Å². The number of hydrogen-bond donors (Lipinski definition) is 2. The number of nitrogens with zero attached hydrogens (tertiary/aromatic N) is 4. The molecule has 43 heavy (non-hydrogen) atoms. The van der Waals surface area contributed by atoms with Crippen LogP contribution < -0.4 is 4.74 Å². The van der Waals surface area contributed by atoms with Gasteiger partial charge in [0.05, 0.1) is 6.61 Å². The van der Waals surface area contributed by atoms with E-state index < -0.39 is 24.3 Å². The van der Waals surface area contributed by atoms with Crippen molar-refractivity contribution in [3.8, 4) is 5.75 Å². The molecule has 2 aliphatic heterocycles. The van der Waals surface area contributed by atoms with Gasteiger partial charge in [-0.05, 0) is 54.7 Å². The van der Waals surface area contributed by atoms with Crippen molar-refractivity contribution in [2.75, 3.05) is 32.8 Å². The Labute approximate surface area is 247 Å². The zero-order valence-electron chi connectivity index (χ0n) is 23.3. The van der Waals surface area contributed by atoms with Gasteiger partial charge in [-0.25, -0.2) is 9.59 Å². The number of benzene rings is 1. The van der Waals surface area contributed by atoms with E-state index in [9.17, 15) is 31.1 Å². The summed E-state index contributed by atoms with van der Waals surface area (Å²) in [6.45, 7) is 9.89. The van der Waals surface area contributed by atoms with Crippen LogP contribution in [-0.2, 0) is 16.1 Å². The number of aromatic nitrogens is 2. The summed E-state index contributed by atoms with van der Waals surface area (Å²) in [7, 11) is 0. The smallest absolute Gasteiger partial charge is 0.490 e. The first-order valence-electron chi connectivity index (χ1n) is 13.0. The van der Waals surface area contributed by atoms with Gasteiger partial charge in [0.15, 0.2) is 5.69 Å². The third-order valence-corrected chi connectivity index (χ3v) is 7.14. The first kappa shape index (κ1) is 35.7. The lowest BCUT2D eigenvalue weighted by Gasteiger charge is -2.39. The van der Waals surface area contributed by atoms with Crippen LogP contribution in [0.1, 0.15) is 49.2 Å². The topological polar surface area (TPSA) is 133 Å². The van der Waals surface area contributed by atoms with Gasteiger partial charge < -0.3 is 19.8 Å². The molecule has 17 heteroatoms. The fraction of sp³-hybridized carbons (Fsp3) is 0.577. The van der Waals surface area contributed by atoms with Crippen molar-refractivity contribution in [3.63, 3.8) is 0 Å². The van der Waals surface area contributed by atoms with Crippen LogP contribution in [0.15, 0.2) is 29.6 Å². The normalized spacial score (nSPS) is 16.6. The number of para-hydroxylation sites is 1. The molecular formula is C26H32F6N4O6S. The van der Waals surface area contributed by atoms with Crippen molar-refractivity contribution in [2.45, 2.75) is 52.0 Å². The fourth-order valence-corrected chi connectivity index (χ4v) is 4.88. The monoisotopic (exact) mass is 642 g/mol. The highest BCUT2D eigenvalue weighted by Gasteiger charge is 2.42. The number of carboxylic acid groups (broad SMARTS) is 2. The number of carbonyl (C=O) groups excluding carboxylic acids is 1. The lowest BCUT2D eigenvalue weighted by molar-refractivity contribution is -0.193. The summed E-state index contributed by atoms with van der Waals surface area (Å²) in [4.78, 5) is 34.8. The van der Waals surface area contributed by atoms with Crippen molar-refractivity contribution in [1.29, 1.82) is 0 Å². The average molecular weight is 643 g/mol. The second kappa shape index (κ2) is 15.3. The maximum Gasteiger partial charge on any atom is 0.490 e. The van der Waals surface area contributed by atoms with Gasteiger partial charge in [0.2, 0.25) is 0 Å². The molecule has 2 N–H and O–H groups in total. The van der Waals surface area contributed by atoms with Gasteiger partial charge in [-0.1, -0.05) is 36.5 Å². The molecule has 0 atom stereocenters. The molecule has 2 aromatic rings. The number of likely N-dealkylation sites (tertiary alicyclic amines) is 2. The van der Waals surface area contributed by atoms with Gasteiger partial charge in [0, 0.05) is 37.1 Å². The predicted octanol–water partition coefficient (Wildman–Crippen LogP) is 4.97. The number of aliphatic carboxylic acids is 2. The molecule has 2 aliphatic rings. The Balaban J connectivity index is 0.000000384. The third kappa shape index (κ3) is 11.6. The molecule has 0 bridgehead atoms. The number of carboxylic acids is 2. The molecule has 240 valence electrons. The number of carbonyl (C=O) groups is 3. The first-order chi connectivity index (χ1) is 19.9. The van der Waals surface area contributed by atoms with E-state index in [0.29, 0.717) is 17.0 Å². The second-order valence-corrected chi connectivity index (χ2v) is 11.1. The summed E-state index contributed by atoms with van der Waals surface area (Å²) < 4.78 is 73.3. The summed E-state index contributed by atoms with van der Waals surface area (Å²) in [5, 5.41) is 19.9. The molecule has 1 aromatic heterocycles. The molecule has 0 unspecified atom stereocenters. The SMILES string of the molecule is CC(C)COc1ccccc1CN1CCC2(CCN(C(=O)c3csnn3)CC2)C1.O=C(O)C(F)(F)F.O=C(O)C(F)(F)F. The fourth-order valence-electron chi connectivity index (χ4n) is 4.45. The summed E-state index contributed by atoms with van der Waals surface area (Å²) in [6.07, 6.45) is -6.82. The zero-order chi connectivity index (χ0) is 32.4. The molecule has 1 amide bonds. The van der Waals surface area contributed by atoms with Crippen molar-refractivity contribution < 1.29 is 55.7 Å². The van der Waals surface area contributed by atoms with Gasteiger partial charge in [-0.15, -0.1) is 5.10 Å². The highest BCUT2D eigenvalue weighted by Crippen LogP contribution is 2.41. The second-order valence-electron chi connectivity index (χ2n) is 10.5. The standard InChI is InChI=1S/C22H30N4O2S.2C2HF3O2/c1-17(2)14-28-20-6-4-3-5-18(20)13-25-10-7-22(16-25)8-11-26(12-9-22)21(27)19-15-29-24-23-19;2*3-2(4,5)1(6)7/h3-6,15,17H,7-14,16H2,1-2H3;2*(H,6,7). The summed E-state index contributed by atoms with van der Waals surface area (Å²) in [5.74, 6) is -3.95. The van der Waals surface area contributed by atoms with Crippen LogP contribution >= 0.6 is 11.5 Å². The number of amides is 1. The Morgan fingerprint density at radius 1 is 0.977 bits per heavy atom. The Kier molecular flexibility index (Phi) is 12.7. The van der Waals surface area contributed by atoms with Crippen LogP contribution in [0.4, 0.5) is 26.3 Å². The number of hydrogen-bond acceptors (Lipinski definition) is 8. The molecule has 0 saturated carbocycles. The Hall–Kier alpha value is -3.47. The molecular weight excluding hydrogens is 610 g/mol. The number of ether oxygens (including phenoxy) is 1. The van der Waals surface area contributed by atoms with Crippen molar-refractivity contribution >= 4 is 29.4 Å². The minimum absolute atomic E-state index is 0.0275. The van der Waals surface area contributed by atoms with E-state index in [4.69, 9.17) is 24.5 Å². The minimum atomic E-state index is -5.08. The number of halogens is 6. The van der Waals surface area contributed by atoms with Gasteiger partial charge >= 0.3 is 24.3 Å². The Bertz CT molecular complexity index is 1180. The highest BCUT2D eigenvalue weighted by molar-refractivity contribution is 7.03. The van der Waals surface area contributed by atoms with E-state index in [-0.39, 0.29) is 5.91 Å². The van der Waals surface area contributed by atoms with Crippen molar-refractivity contribution in [3.05, 3.63) is 40.9 Å². The predicted molar refractivity (Wildman–Crippen MR) is 142 cm³/mol. The minimum Gasteiger partial charge on any atom is -0.493 e. The Morgan fingerprint density at radius 3 is 2.00 bits per heavy atom. The number of piperidine rings is 1. The quantitative estimate of drug-likeness (QED) is 0.419. The number of alkyl halides is 6. The van der Waals surface area contributed by atoms with Crippen molar-refractivity contribution in [1.82, 2.24) is 19.4 Å². The molecule has 3 heterocycles. The van der Waals surface area contributed by atoms with E-state index in [1.807, 2.05) is 4.90 Å². The first-order valence-corrected chi connectivity index (χ1v) is 13.9. The highest BCUT2D eigenvalue weighted by atomic mass is 32.1. The third-order valence-electron chi connectivity index (χ3n) is 6.63. The molecule has 1 aromatic carbocycles. The summed E-state index contributed by atoms with van der Waals surface area (Å²) in [6, 6.07) is 8.42. The van der Waals surface area contributed by atoms with Crippen LogP contribution in [-0.4, -0.2) is 92.6 Å². The molecule has 2 fully saturated rings. The molecule has 0 radical (unpaired) electrons. The molecule has 4 rings (SSSR count). The summed E-state index contributed by atoms with van der Waals surface area (Å²) in [5.41, 5.74) is 2.09.